The summed E-state index contributed by atoms with van der Waals surface area (Å²) in [7, 11) is 0. The van der Waals surface area contributed by atoms with Crippen LogP contribution >= 0.6 is 23.2 Å². The molecular weight excluding hydrogens is 381 g/mol. The summed E-state index contributed by atoms with van der Waals surface area (Å²) in [6.07, 6.45) is 7.39. The lowest BCUT2D eigenvalue weighted by Gasteiger charge is -2.23. The van der Waals surface area contributed by atoms with Crippen molar-refractivity contribution >= 4 is 29.2 Å². The average molecular weight is 408 g/mol. The van der Waals surface area contributed by atoms with Gasteiger partial charge in [-0.15, -0.1) is 0 Å². The van der Waals surface area contributed by atoms with E-state index in [9.17, 15) is 0 Å². The molecule has 1 fully saturated rings. The monoisotopic (exact) mass is 407 g/mol. The van der Waals surface area contributed by atoms with Gasteiger partial charge in [0, 0.05) is 37.1 Å². The van der Waals surface area contributed by atoms with Crippen molar-refractivity contribution in [2.45, 2.75) is 44.7 Å². The topological polar surface area (TPSA) is 61.9 Å². The number of piperidine rings is 1. The number of anilines is 1. The van der Waals surface area contributed by atoms with Crippen molar-refractivity contribution in [1.29, 1.82) is 0 Å². The molecule has 5 nitrogen and oxygen atoms in total. The van der Waals surface area contributed by atoms with Crippen molar-refractivity contribution in [2.24, 2.45) is 0 Å². The van der Waals surface area contributed by atoms with E-state index in [-0.39, 0.29) is 0 Å². The van der Waals surface area contributed by atoms with Gasteiger partial charge in [-0.25, -0.2) is 9.97 Å². The molecule has 1 aliphatic heterocycles. The minimum atomic E-state index is 0.605. The highest BCUT2D eigenvalue weighted by Crippen LogP contribution is 2.15. The van der Waals surface area contributed by atoms with Gasteiger partial charge < -0.3 is 16.0 Å². The number of rotatable bonds is 9. The van der Waals surface area contributed by atoms with Gasteiger partial charge in [0.25, 0.3) is 0 Å². The Bertz CT molecular complexity index is 719. The second kappa shape index (κ2) is 10.8. The summed E-state index contributed by atoms with van der Waals surface area (Å²) in [5.41, 5.74) is 2.03. The first-order valence-electron chi connectivity index (χ1n) is 9.64. The predicted molar refractivity (Wildman–Crippen MR) is 113 cm³/mol. The SMILES string of the molecule is Clc1cccc(CNCCc2nc(NCCC3CCCCN3)ncc2Cl)c1. The third-order valence-electron chi connectivity index (χ3n) is 4.76. The number of nitrogens with zero attached hydrogens (tertiary/aromatic N) is 2. The molecule has 0 amide bonds. The third-order valence-corrected chi connectivity index (χ3v) is 5.31. The molecule has 1 aliphatic rings. The zero-order valence-electron chi connectivity index (χ0n) is 15.5. The first kappa shape index (κ1) is 20.3. The Morgan fingerprint density at radius 3 is 2.93 bits per heavy atom. The van der Waals surface area contributed by atoms with Gasteiger partial charge in [-0.05, 0) is 43.5 Å². The lowest BCUT2D eigenvalue weighted by Crippen LogP contribution is -2.35. The normalized spacial score (nSPS) is 17.0. The molecule has 0 radical (unpaired) electrons. The van der Waals surface area contributed by atoms with E-state index < -0.39 is 0 Å². The molecule has 2 heterocycles. The maximum atomic E-state index is 6.26. The zero-order valence-corrected chi connectivity index (χ0v) is 17.0. The molecule has 7 heteroatoms. The Hall–Kier alpha value is -1.40. The maximum Gasteiger partial charge on any atom is 0.222 e. The van der Waals surface area contributed by atoms with Crippen LogP contribution in [0.2, 0.25) is 10.0 Å². The highest BCUT2D eigenvalue weighted by molar-refractivity contribution is 6.31. The third kappa shape index (κ3) is 6.92. The van der Waals surface area contributed by atoms with E-state index in [1.54, 1.807) is 6.20 Å². The van der Waals surface area contributed by atoms with Crippen LogP contribution < -0.4 is 16.0 Å². The molecule has 27 heavy (non-hydrogen) atoms. The summed E-state index contributed by atoms with van der Waals surface area (Å²) in [6, 6.07) is 8.47. The fourth-order valence-electron chi connectivity index (χ4n) is 3.28. The van der Waals surface area contributed by atoms with Crippen LogP contribution in [0.4, 0.5) is 5.95 Å². The van der Waals surface area contributed by atoms with Crippen LogP contribution in [0.25, 0.3) is 0 Å². The van der Waals surface area contributed by atoms with Crippen molar-refractivity contribution < 1.29 is 0 Å². The summed E-state index contributed by atoms with van der Waals surface area (Å²) in [5.74, 6) is 0.653. The highest BCUT2D eigenvalue weighted by atomic mass is 35.5. The average Bonchev–Trinajstić information content (AvgIpc) is 2.68. The molecule has 1 aromatic carbocycles. The lowest BCUT2D eigenvalue weighted by atomic mass is 10.0. The Morgan fingerprint density at radius 2 is 2.11 bits per heavy atom. The van der Waals surface area contributed by atoms with Gasteiger partial charge in [0.1, 0.15) is 0 Å². The molecule has 3 rings (SSSR count). The van der Waals surface area contributed by atoms with Crippen molar-refractivity contribution in [3.05, 3.63) is 51.8 Å². The summed E-state index contributed by atoms with van der Waals surface area (Å²) >= 11 is 12.3. The molecule has 0 aliphatic carbocycles. The Labute approximate surface area is 171 Å². The minimum absolute atomic E-state index is 0.605. The standard InChI is InChI=1S/C20H27Cl2N5/c21-16-5-3-4-15(12-16)13-23-10-8-19-18(22)14-26-20(27-19)25-11-7-17-6-1-2-9-24-17/h3-5,12,14,17,23-24H,1-2,6-11,13H2,(H,25,26,27). The highest BCUT2D eigenvalue weighted by Gasteiger charge is 2.12. The van der Waals surface area contributed by atoms with Crippen molar-refractivity contribution in [3.8, 4) is 0 Å². The van der Waals surface area contributed by atoms with E-state index in [0.717, 1.165) is 55.3 Å². The largest absolute Gasteiger partial charge is 0.354 e. The molecule has 1 saturated heterocycles. The Morgan fingerprint density at radius 1 is 1.19 bits per heavy atom. The Kier molecular flexibility index (Phi) is 8.14. The van der Waals surface area contributed by atoms with E-state index >= 15 is 0 Å². The van der Waals surface area contributed by atoms with Gasteiger partial charge in [-0.3, -0.25) is 0 Å². The quantitative estimate of drug-likeness (QED) is 0.547. The van der Waals surface area contributed by atoms with Gasteiger partial charge in [0.05, 0.1) is 16.9 Å². The van der Waals surface area contributed by atoms with E-state index in [0.29, 0.717) is 17.0 Å². The second-order valence-corrected chi connectivity index (χ2v) is 7.75. The number of aromatic nitrogens is 2. The zero-order chi connectivity index (χ0) is 18.9. The number of hydrogen-bond donors (Lipinski definition) is 3. The van der Waals surface area contributed by atoms with E-state index in [4.69, 9.17) is 23.2 Å². The minimum Gasteiger partial charge on any atom is -0.354 e. The molecule has 146 valence electrons. The second-order valence-electron chi connectivity index (χ2n) is 6.91. The molecule has 0 bridgehead atoms. The molecule has 0 saturated carbocycles. The molecule has 1 aromatic heterocycles. The maximum absolute atomic E-state index is 6.26. The van der Waals surface area contributed by atoms with Gasteiger partial charge in [-0.1, -0.05) is 41.8 Å². The van der Waals surface area contributed by atoms with E-state index in [1.165, 1.54) is 19.3 Å². The fraction of sp³-hybridized carbons (Fsp3) is 0.500. The lowest BCUT2D eigenvalue weighted by molar-refractivity contribution is 0.388. The first-order chi connectivity index (χ1) is 13.2. The first-order valence-corrected chi connectivity index (χ1v) is 10.4. The van der Waals surface area contributed by atoms with Crippen LogP contribution in [0.3, 0.4) is 0 Å². The van der Waals surface area contributed by atoms with Crippen molar-refractivity contribution in [2.75, 3.05) is 25.0 Å². The molecule has 0 spiro atoms. The molecule has 2 aromatic rings. The van der Waals surface area contributed by atoms with E-state index in [2.05, 4.69) is 32.0 Å². The van der Waals surface area contributed by atoms with Gasteiger partial charge in [0.2, 0.25) is 5.95 Å². The molecule has 3 N–H and O–H groups in total. The van der Waals surface area contributed by atoms with Crippen LogP contribution in [0.15, 0.2) is 30.5 Å². The van der Waals surface area contributed by atoms with Crippen LogP contribution in [0.5, 0.6) is 0 Å². The van der Waals surface area contributed by atoms with Crippen LogP contribution in [-0.4, -0.2) is 35.6 Å². The van der Waals surface area contributed by atoms with Gasteiger partial charge in [0.15, 0.2) is 0 Å². The number of hydrogen-bond acceptors (Lipinski definition) is 5. The number of halogens is 2. The molecule has 1 atom stereocenters. The summed E-state index contributed by atoms with van der Waals surface area (Å²) < 4.78 is 0. The predicted octanol–water partition coefficient (Wildman–Crippen LogP) is 4.06. The molecule has 1 unspecified atom stereocenters. The summed E-state index contributed by atoms with van der Waals surface area (Å²) in [5, 5.41) is 11.7. The number of benzene rings is 1. The van der Waals surface area contributed by atoms with Crippen LogP contribution in [-0.2, 0) is 13.0 Å². The molecular formula is C20H27Cl2N5. The number of nitrogens with one attached hydrogen (secondary N) is 3. The Balaban J connectivity index is 1.42. The van der Waals surface area contributed by atoms with Gasteiger partial charge in [-0.2, -0.15) is 0 Å². The smallest absolute Gasteiger partial charge is 0.222 e. The fourth-order valence-corrected chi connectivity index (χ4v) is 3.68. The summed E-state index contributed by atoms with van der Waals surface area (Å²) in [6.45, 7) is 3.55. The summed E-state index contributed by atoms with van der Waals surface area (Å²) in [4.78, 5) is 8.88. The van der Waals surface area contributed by atoms with Crippen molar-refractivity contribution in [3.63, 3.8) is 0 Å². The van der Waals surface area contributed by atoms with Crippen LogP contribution in [0.1, 0.15) is 36.9 Å². The van der Waals surface area contributed by atoms with Crippen molar-refractivity contribution in [1.82, 2.24) is 20.6 Å². The van der Waals surface area contributed by atoms with Gasteiger partial charge >= 0.3 is 0 Å². The van der Waals surface area contributed by atoms with E-state index in [1.807, 2.05) is 18.2 Å². The van der Waals surface area contributed by atoms with Crippen LogP contribution in [0, 0.1) is 0 Å².